The number of ketones is 1. The number of hydrogen-bond donors (Lipinski definition) is 6. The second kappa shape index (κ2) is 9.07. The molecule has 0 aliphatic heterocycles. The van der Waals surface area contributed by atoms with E-state index in [1.54, 1.807) is 0 Å². The van der Waals surface area contributed by atoms with E-state index in [9.17, 15) is 24.6 Å². The Bertz CT molecular complexity index is 566. The second-order valence-electron chi connectivity index (χ2n) is 7.37. The molecule has 0 bridgehead atoms. The van der Waals surface area contributed by atoms with E-state index < -0.39 is 47.0 Å². The number of nitrogens with one attached hydrogen (secondary N) is 1. The van der Waals surface area contributed by atoms with E-state index in [1.807, 2.05) is 13.8 Å². The van der Waals surface area contributed by atoms with Crippen LogP contribution in [0.4, 0.5) is 0 Å². The average molecular weight is 387 g/mol. The van der Waals surface area contributed by atoms with Crippen molar-refractivity contribution < 1.29 is 24.6 Å². The molecule has 4 atom stereocenters. The van der Waals surface area contributed by atoms with Crippen molar-refractivity contribution in [2.24, 2.45) is 23.1 Å². The molecular formula is C17H33N5O5. The van der Waals surface area contributed by atoms with Crippen LogP contribution in [0.3, 0.4) is 0 Å². The summed E-state index contributed by atoms with van der Waals surface area (Å²) < 4.78 is 0. The number of Topliss-reactive ketones (excluding diaryl/α,β-unsaturated/α-hetero) is 1. The van der Waals surface area contributed by atoms with Crippen molar-refractivity contribution in [2.75, 3.05) is 13.1 Å². The summed E-state index contributed by atoms with van der Waals surface area (Å²) in [5, 5.41) is 22.6. The highest BCUT2D eigenvalue weighted by Gasteiger charge is 2.60. The zero-order valence-corrected chi connectivity index (χ0v) is 16.3. The molecule has 0 aromatic rings. The van der Waals surface area contributed by atoms with Crippen LogP contribution in [0.25, 0.3) is 0 Å². The van der Waals surface area contributed by atoms with E-state index in [-0.39, 0.29) is 12.8 Å². The Morgan fingerprint density at radius 2 is 1.74 bits per heavy atom. The smallest absolute Gasteiger partial charge is 0.335 e. The Labute approximate surface area is 159 Å². The molecule has 1 rings (SSSR count). The lowest BCUT2D eigenvalue weighted by molar-refractivity contribution is -0.159. The topological polar surface area (TPSA) is 185 Å². The van der Waals surface area contributed by atoms with Gasteiger partial charge < -0.3 is 32.3 Å². The maximum Gasteiger partial charge on any atom is 0.335 e. The molecule has 0 aromatic carbocycles. The number of aliphatic carboxylic acids is 1. The molecule has 1 amide bonds. The van der Waals surface area contributed by atoms with Gasteiger partial charge in [-0.25, -0.2) is 4.79 Å². The van der Waals surface area contributed by atoms with Gasteiger partial charge in [0, 0.05) is 31.5 Å². The maximum atomic E-state index is 13.2. The van der Waals surface area contributed by atoms with Gasteiger partial charge in [0.05, 0.1) is 0 Å². The average Bonchev–Trinajstić information content (AvgIpc) is 2.90. The van der Waals surface area contributed by atoms with Gasteiger partial charge in [0.25, 0.3) is 5.91 Å². The number of carbonyl (C=O) groups is 3. The van der Waals surface area contributed by atoms with Gasteiger partial charge in [-0.1, -0.05) is 13.8 Å². The standard InChI is InChI=1S/C17H33N5O5/c1-4-6-22(7-5-2)13(24)17(20,10(3)23)11-8-16(27,14(25)26)9-12(11)21-15(18)19/h11-12,15,21,27H,4-9,18-20H2,1-3H3,(H,25,26). The third-order valence-electron chi connectivity index (χ3n) is 5.20. The van der Waals surface area contributed by atoms with Crippen molar-refractivity contribution >= 4 is 17.7 Å². The van der Waals surface area contributed by atoms with Gasteiger partial charge in [-0.2, -0.15) is 0 Å². The van der Waals surface area contributed by atoms with Gasteiger partial charge in [-0.05, 0) is 26.2 Å². The highest BCUT2D eigenvalue weighted by atomic mass is 16.4. The number of aliphatic hydroxyl groups is 1. The molecule has 9 N–H and O–H groups in total. The van der Waals surface area contributed by atoms with Crippen molar-refractivity contribution in [1.29, 1.82) is 0 Å². The van der Waals surface area contributed by atoms with Gasteiger partial charge in [-0.3, -0.25) is 14.9 Å². The molecule has 0 heterocycles. The third-order valence-corrected chi connectivity index (χ3v) is 5.20. The number of carbonyl (C=O) groups excluding carboxylic acids is 2. The summed E-state index contributed by atoms with van der Waals surface area (Å²) in [6, 6.07) is -0.811. The minimum absolute atomic E-state index is 0.265. The summed E-state index contributed by atoms with van der Waals surface area (Å²) >= 11 is 0. The minimum Gasteiger partial charge on any atom is -0.479 e. The lowest BCUT2D eigenvalue weighted by Gasteiger charge is -2.39. The second-order valence-corrected chi connectivity index (χ2v) is 7.37. The normalized spacial score (nSPS) is 27.4. The highest BCUT2D eigenvalue weighted by molar-refractivity contribution is 6.10. The Morgan fingerprint density at radius 1 is 1.22 bits per heavy atom. The van der Waals surface area contributed by atoms with Gasteiger partial charge in [0.15, 0.2) is 16.9 Å². The van der Waals surface area contributed by atoms with E-state index in [0.29, 0.717) is 25.9 Å². The van der Waals surface area contributed by atoms with E-state index >= 15 is 0 Å². The number of nitrogens with zero attached hydrogens (tertiary/aromatic N) is 1. The molecule has 1 aliphatic rings. The monoisotopic (exact) mass is 387 g/mol. The van der Waals surface area contributed by atoms with Crippen molar-refractivity contribution in [3.05, 3.63) is 0 Å². The summed E-state index contributed by atoms with van der Waals surface area (Å²) in [5.41, 5.74) is 13.4. The van der Waals surface area contributed by atoms with E-state index in [1.165, 1.54) is 11.8 Å². The fourth-order valence-electron chi connectivity index (χ4n) is 3.86. The summed E-state index contributed by atoms with van der Waals surface area (Å²) in [5.74, 6) is -3.59. The highest BCUT2D eigenvalue weighted by Crippen LogP contribution is 2.41. The fourth-order valence-corrected chi connectivity index (χ4v) is 3.86. The SMILES string of the molecule is CCCN(CCC)C(=O)C(N)(C(C)=O)C1CC(O)(C(=O)O)CC1NC(N)N. The lowest BCUT2D eigenvalue weighted by atomic mass is 9.76. The number of amides is 1. The first kappa shape index (κ1) is 23.4. The molecule has 4 unspecified atom stereocenters. The van der Waals surface area contributed by atoms with Crippen molar-refractivity contribution in [3.8, 4) is 0 Å². The first-order valence-electron chi connectivity index (χ1n) is 9.26. The summed E-state index contributed by atoms with van der Waals surface area (Å²) in [4.78, 5) is 38.8. The zero-order valence-electron chi connectivity index (χ0n) is 16.3. The van der Waals surface area contributed by atoms with Crippen LogP contribution in [0, 0.1) is 5.92 Å². The van der Waals surface area contributed by atoms with E-state index in [2.05, 4.69) is 5.32 Å². The number of nitrogens with two attached hydrogens (primary N) is 3. The Hall–Kier alpha value is -1.59. The molecular weight excluding hydrogens is 354 g/mol. The number of hydrogen-bond acceptors (Lipinski definition) is 8. The fraction of sp³-hybridized carbons (Fsp3) is 0.824. The largest absolute Gasteiger partial charge is 0.479 e. The van der Waals surface area contributed by atoms with Crippen LogP contribution < -0.4 is 22.5 Å². The van der Waals surface area contributed by atoms with Crippen LogP contribution in [-0.4, -0.2) is 69.3 Å². The molecule has 10 nitrogen and oxygen atoms in total. The number of carboxylic acid groups (broad SMARTS) is 1. The van der Waals surface area contributed by atoms with Gasteiger partial charge in [0.1, 0.15) is 6.29 Å². The molecule has 0 spiro atoms. The number of rotatable bonds is 10. The van der Waals surface area contributed by atoms with Crippen molar-refractivity contribution in [2.45, 2.75) is 69.9 Å². The first-order chi connectivity index (χ1) is 12.4. The van der Waals surface area contributed by atoms with Gasteiger partial charge >= 0.3 is 5.97 Å². The molecule has 1 saturated carbocycles. The molecule has 27 heavy (non-hydrogen) atoms. The van der Waals surface area contributed by atoms with Crippen LogP contribution in [-0.2, 0) is 14.4 Å². The summed E-state index contributed by atoms with van der Waals surface area (Å²) in [7, 11) is 0. The summed E-state index contributed by atoms with van der Waals surface area (Å²) in [6.45, 7) is 5.84. The molecule has 0 radical (unpaired) electrons. The molecule has 1 fully saturated rings. The molecule has 10 heteroatoms. The predicted molar refractivity (Wildman–Crippen MR) is 99.2 cm³/mol. The van der Waals surface area contributed by atoms with Crippen LogP contribution >= 0.6 is 0 Å². The Morgan fingerprint density at radius 3 is 2.11 bits per heavy atom. The molecule has 0 aromatic heterocycles. The van der Waals surface area contributed by atoms with Gasteiger partial charge in [-0.15, -0.1) is 0 Å². The third kappa shape index (κ3) is 4.82. The molecule has 0 saturated heterocycles. The Balaban J connectivity index is 3.37. The first-order valence-corrected chi connectivity index (χ1v) is 9.26. The Kier molecular flexibility index (Phi) is 7.87. The number of carboxylic acids is 1. The maximum absolute atomic E-state index is 13.2. The van der Waals surface area contributed by atoms with Crippen molar-refractivity contribution in [3.63, 3.8) is 0 Å². The predicted octanol–water partition coefficient (Wildman–Crippen LogP) is -1.69. The lowest BCUT2D eigenvalue weighted by Crippen LogP contribution is -2.68. The van der Waals surface area contributed by atoms with Gasteiger partial charge in [0.2, 0.25) is 0 Å². The molecule has 156 valence electrons. The summed E-state index contributed by atoms with van der Waals surface area (Å²) in [6.07, 6.45) is -0.292. The van der Waals surface area contributed by atoms with Crippen LogP contribution in [0.1, 0.15) is 46.5 Å². The van der Waals surface area contributed by atoms with E-state index in [4.69, 9.17) is 17.2 Å². The zero-order chi connectivity index (χ0) is 21.0. The van der Waals surface area contributed by atoms with Crippen LogP contribution in [0.2, 0.25) is 0 Å². The van der Waals surface area contributed by atoms with Crippen molar-refractivity contribution in [1.82, 2.24) is 10.2 Å². The molecule has 1 aliphatic carbocycles. The van der Waals surface area contributed by atoms with E-state index in [0.717, 1.165) is 0 Å². The van der Waals surface area contributed by atoms with Crippen LogP contribution in [0.5, 0.6) is 0 Å². The quantitative estimate of drug-likeness (QED) is 0.188. The van der Waals surface area contributed by atoms with Crippen LogP contribution in [0.15, 0.2) is 0 Å². The minimum atomic E-state index is -2.13.